The van der Waals surface area contributed by atoms with Crippen LogP contribution in [0.1, 0.15) is 20.1 Å². The Hall–Kier alpha value is -2.55. The molecule has 0 saturated carbocycles. The number of benzene rings is 1. The van der Waals surface area contributed by atoms with Crippen molar-refractivity contribution in [3.8, 4) is 17.2 Å². The van der Waals surface area contributed by atoms with Crippen molar-refractivity contribution in [1.82, 2.24) is 9.80 Å². The summed E-state index contributed by atoms with van der Waals surface area (Å²) in [5.41, 5.74) is 0.998. The molecule has 6 nitrogen and oxygen atoms in total. The molecule has 0 atom stereocenters. The van der Waals surface area contributed by atoms with Crippen LogP contribution in [-0.4, -0.2) is 48.7 Å². The fourth-order valence-electron chi connectivity index (χ4n) is 3.58. The monoisotopic (exact) mass is 442 g/mol. The van der Waals surface area contributed by atoms with E-state index in [-0.39, 0.29) is 12.7 Å². The van der Waals surface area contributed by atoms with Crippen LogP contribution < -0.4 is 14.2 Å². The number of hydrogen-bond acceptors (Lipinski definition) is 7. The second-order valence-electron chi connectivity index (χ2n) is 7.27. The smallest absolute Gasteiger partial charge is 0.264 e. The van der Waals surface area contributed by atoms with Gasteiger partial charge >= 0.3 is 0 Å². The maximum atomic E-state index is 12.9. The molecule has 156 valence electrons. The maximum absolute atomic E-state index is 12.9. The van der Waals surface area contributed by atoms with Gasteiger partial charge in [-0.25, -0.2) is 0 Å². The molecule has 5 rings (SSSR count). The molecule has 0 radical (unpaired) electrons. The van der Waals surface area contributed by atoms with Gasteiger partial charge in [0.2, 0.25) is 6.79 Å². The van der Waals surface area contributed by atoms with Crippen LogP contribution in [0.2, 0.25) is 0 Å². The highest BCUT2D eigenvalue weighted by Gasteiger charge is 2.23. The molecule has 1 saturated heterocycles. The second kappa shape index (κ2) is 8.67. The van der Waals surface area contributed by atoms with Crippen molar-refractivity contribution < 1.29 is 19.0 Å². The van der Waals surface area contributed by atoms with Crippen molar-refractivity contribution in [3.05, 3.63) is 62.5 Å². The van der Waals surface area contributed by atoms with Crippen LogP contribution in [0.25, 0.3) is 0 Å². The van der Waals surface area contributed by atoms with Crippen molar-refractivity contribution in [2.75, 3.05) is 33.0 Å². The molecule has 3 aromatic rings. The lowest BCUT2D eigenvalue weighted by atomic mass is 10.2. The Morgan fingerprint density at radius 3 is 2.73 bits per heavy atom. The minimum atomic E-state index is 0.116. The van der Waals surface area contributed by atoms with Crippen LogP contribution >= 0.6 is 22.7 Å². The number of carbonyl (C=O) groups excluding carboxylic acids is 1. The molecule has 2 aliphatic rings. The number of nitrogens with zero attached hydrogens (tertiary/aromatic N) is 2. The molecule has 1 aromatic carbocycles. The maximum Gasteiger partial charge on any atom is 0.264 e. The fourth-order valence-corrected chi connectivity index (χ4v) is 5.19. The van der Waals surface area contributed by atoms with Crippen LogP contribution in [0.4, 0.5) is 0 Å². The highest BCUT2D eigenvalue weighted by molar-refractivity contribution is 7.12. The Kier molecular flexibility index (Phi) is 5.61. The number of carbonyl (C=O) groups is 1. The predicted octanol–water partition coefficient (Wildman–Crippen LogP) is 4.08. The Balaban J connectivity index is 1.13. The summed E-state index contributed by atoms with van der Waals surface area (Å²) < 4.78 is 16.6. The van der Waals surface area contributed by atoms with Crippen molar-refractivity contribution in [1.29, 1.82) is 0 Å². The third kappa shape index (κ3) is 4.30. The fraction of sp³-hybridized carbons (Fsp3) is 0.318. The van der Waals surface area contributed by atoms with Crippen molar-refractivity contribution in [3.63, 3.8) is 0 Å². The number of amides is 1. The van der Waals surface area contributed by atoms with Gasteiger partial charge < -0.3 is 19.1 Å². The van der Waals surface area contributed by atoms with E-state index in [0.717, 1.165) is 54.7 Å². The summed E-state index contributed by atoms with van der Waals surface area (Å²) in [6.45, 7) is 5.00. The summed E-state index contributed by atoms with van der Waals surface area (Å²) in [5, 5.41) is 4.10. The lowest BCUT2D eigenvalue weighted by molar-refractivity contribution is 0.0634. The van der Waals surface area contributed by atoms with E-state index in [9.17, 15) is 4.79 Å². The summed E-state index contributed by atoms with van der Waals surface area (Å²) >= 11 is 3.27. The van der Waals surface area contributed by atoms with Gasteiger partial charge in [-0.3, -0.25) is 9.69 Å². The lowest BCUT2D eigenvalue weighted by Gasteiger charge is -2.34. The van der Waals surface area contributed by atoms with Crippen LogP contribution in [0.3, 0.4) is 0 Å². The zero-order chi connectivity index (χ0) is 20.3. The summed E-state index contributed by atoms with van der Waals surface area (Å²) in [4.78, 5) is 19.4. The summed E-state index contributed by atoms with van der Waals surface area (Å²) in [6, 6.07) is 11.7. The molecule has 2 aromatic heterocycles. The first-order chi connectivity index (χ1) is 14.7. The zero-order valence-electron chi connectivity index (χ0n) is 16.4. The van der Waals surface area contributed by atoms with Gasteiger partial charge in [-0.15, -0.1) is 22.7 Å². The van der Waals surface area contributed by atoms with Crippen molar-refractivity contribution >= 4 is 28.6 Å². The number of fused-ring (bicyclic) bond motifs is 1. The quantitative estimate of drug-likeness (QED) is 0.576. The number of hydrogen-bond donors (Lipinski definition) is 0. The summed E-state index contributed by atoms with van der Waals surface area (Å²) in [7, 11) is 0. The molecular weight excluding hydrogens is 420 g/mol. The SMILES string of the molecule is O=C(c1cc(COc2ccc3c(c2)OCO3)cs1)N1CCN(Cc2cccs2)CC1. The third-order valence-electron chi connectivity index (χ3n) is 5.23. The van der Waals surface area contributed by atoms with E-state index in [4.69, 9.17) is 14.2 Å². The van der Waals surface area contributed by atoms with Gasteiger partial charge in [-0.1, -0.05) is 6.07 Å². The Bertz CT molecular complexity index is 1010. The van der Waals surface area contributed by atoms with Gasteiger partial charge in [0.15, 0.2) is 11.5 Å². The van der Waals surface area contributed by atoms with E-state index < -0.39 is 0 Å². The minimum absolute atomic E-state index is 0.116. The van der Waals surface area contributed by atoms with Gasteiger partial charge in [-0.2, -0.15) is 0 Å². The third-order valence-corrected chi connectivity index (χ3v) is 7.06. The average molecular weight is 443 g/mol. The van der Waals surface area contributed by atoms with Crippen LogP contribution in [0, 0.1) is 0 Å². The molecule has 0 N–H and O–H groups in total. The highest BCUT2D eigenvalue weighted by Crippen LogP contribution is 2.35. The molecule has 1 fully saturated rings. The van der Waals surface area contributed by atoms with E-state index in [2.05, 4.69) is 22.4 Å². The number of ether oxygens (including phenoxy) is 3. The molecule has 30 heavy (non-hydrogen) atoms. The molecular formula is C22H22N2O4S2. The minimum Gasteiger partial charge on any atom is -0.489 e. The van der Waals surface area contributed by atoms with Gasteiger partial charge in [0.1, 0.15) is 12.4 Å². The lowest BCUT2D eigenvalue weighted by Crippen LogP contribution is -2.48. The van der Waals surface area contributed by atoms with E-state index in [0.29, 0.717) is 12.4 Å². The predicted molar refractivity (Wildman–Crippen MR) is 117 cm³/mol. The summed E-state index contributed by atoms with van der Waals surface area (Å²) in [5.74, 6) is 2.28. The molecule has 8 heteroatoms. The number of piperazine rings is 1. The highest BCUT2D eigenvalue weighted by atomic mass is 32.1. The van der Waals surface area contributed by atoms with E-state index >= 15 is 0 Å². The van der Waals surface area contributed by atoms with E-state index in [1.165, 1.54) is 16.2 Å². The standard InChI is InChI=1S/C22H22N2O4S2/c25-22(24-7-5-23(6-8-24)12-18-2-1-9-29-18)21-10-16(14-30-21)13-26-17-3-4-19-20(11-17)28-15-27-19/h1-4,9-11,14H,5-8,12-13,15H2. The zero-order valence-corrected chi connectivity index (χ0v) is 18.0. The molecule has 1 amide bonds. The van der Waals surface area contributed by atoms with E-state index in [1.54, 1.807) is 11.3 Å². The molecule has 0 aliphatic carbocycles. The molecule has 4 heterocycles. The largest absolute Gasteiger partial charge is 0.489 e. The van der Waals surface area contributed by atoms with Gasteiger partial charge in [0.05, 0.1) is 4.88 Å². The van der Waals surface area contributed by atoms with Gasteiger partial charge in [0.25, 0.3) is 5.91 Å². The second-order valence-corrected chi connectivity index (χ2v) is 9.21. The number of rotatable bonds is 6. The molecule has 0 unspecified atom stereocenters. The first kappa shape index (κ1) is 19.4. The number of thiophene rings is 2. The average Bonchev–Trinajstić information content (AvgIpc) is 3.53. The van der Waals surface area contributed by atoms with Gasteiger partial charge in [-0.05, 0) is 35.0 Å². The first-order valence-electron chi connectivity index (χ1n) is 9.88. The van der Waals surface area contributed by atoms with Crippen LogP contribution in [0.5, 0.6) is 17.2 Å². The molecule has 0 bridgehead atoms. The Labute approximate surface area is 183 Å². The van der Waals surface area contributed by atoms with Crippen molar-refractivity contribution in [2.24, 2.45) is 0 Å². The van der Waals surface area contributed by atoms with Crippen molar-refractivity contribution in [2.45, 2.75) is 13.2 Å². The van der Waals surface area contributed by atoms with Crippen LogP contribution in [-0.2, 0) is 13.2 Å². The summed E-state index contributed by atoms with van der Waals surface area (Å²) in [6.07, 6.45) is 0. The normalized spacial score (nSPS) is 16.1. The first-order valence-corrected chi connectivity index (χ1v) is 11.6. The topological polar surface area (TPSA) is 51.2 Å². The van der Waals surface area contributed by atoms with E-state index in [1.807, 2.05) is 34.5 Å². The Morgan fingerprint density at radius 1 is 1.03 bits per heavy atom. The van der Waals surface area contributed by atoms with Crippen LogP contribution in [0.15, 0.2) is 47.2 Å². The van der Waals surface area contributed by atoms with Gasteiger partial charge in [0, 0.05) is 49.2 Å². The Morgan fingerprint density at radius 2 is 1.90 bits per heavy atom. The molecule has 2 aliphatic heterocycles. The molecule has 0 spiro atoms.